The van der Waals surface area contributed by atoms with Gasteiger partial charge in [-0.05, 0) is 6.42 Å². The van der Waals surface area contributed by atoms with Crippen LogP contribution in [-0.2, 0) is 11.2 Å². The van der Waals surface area contributed by atoms with Gasteiger partial charge in [0.25, 0.3) is 0 Å². The van der Waals surface area contributed by atoms with E-state index in [1.807, 2.05) is 0 Å². The maximum absolute atomic E-state index is 10.5. The summed E-state index contributed by atoms with van der Waals surface area (Å²) in [5.74, 6) is -0.0128. The topological polar surface area (TPSA) is 76.0 Å². The maximum Gasteiger partial charge on any atom is 0.303 e. The van der Waals surface area contributed by atoms with Crippen molar-refractivity contribution in [2.24, 2.45) is 0 Å². The highest BCUT2D eigenvalue weighted by atomic mass is 16.5. The third-order valence-electron chi connectivity index (χ3n) is 2.18. The molecule has 1 aromatic carbocycles. The van der Waals surface area contributed by atoms with Gasteiger partial charge >= 0.3 is 5.97 Å². The van der Waals surface area contributed by atoms with Crippen molar-refractivity contribution in [3.63, 3.8) is 0 Å². The molecule has 0 aliphatic carbocycles. The predicted molar refractivity (Wildman–Crippen MR) is 57.2 cm³/mol. The molecule has 0 saturated carbocycles. The average Bonchev–Trinajstić information content (AvgIpc) is 2.25. The minimum atomic E-state index is -0.891. The van der Waals surface area contributed by atoms with Gasteiger partial charge in [-0.15, -0.1) is 0 Å². The Kier molecular flexibility index (Phi) is 3.99. The van der Waals surface area contributed by atoms with Crippen LogP contribution in [0.4, 0.5) is 0 Å². The molecule has 0 unspecified atom stereocenters. The molecule has 0 atom stereocenters. The molecule has 0 spiro atoms. The zero-order valence-electron chi connectivity index (χ0n) is 9.19. The van der Waals surface area contributed by atoms with Crippen LogP contribution in [0.1, 0.15) is 12.0 Å². The van der Waals surface area contributed by atoms with Crippen molar-refractivity contribution in [3.05, 3.63) is 17.7 Å². The van der Waals surface area contributed by atoms with E-state index in [0.29, 0.717) is 23.5 Å². The molecule has 1 aromatic rings. The number of aromatic hydroxyl groups is 1. The highest BCUT2D eigenvalue weighted by Crippen LogP contribution is 2.34. The molecule has 0 heterocycles. The lowest BCUT2D eigenvalue weighted by atomic mass is 10.1. The third kappa shape index (κ3) is 2.79. The van der Waals surface area contributed by atoms with Crippen LogP contribution in [0.3, 0.4) is 0 Å². The zero-order chi connectivity index (χ0) is 12.1. The second kappa shape index (κ2) is 5.25. The van der Waals surface area contributed by atoms with Crippen molar-refractivity contribution in [2.45, 2.75) is 12.8 Å². The van der Waals surface area contributed by atoms with E-state index in [1.165, 1.54) is 26.4 Å². The van der Waals surface area contributed by atoms with Gasteiger partial charge in [0, 0.05) is 24.1 Å². The van der Waals surface area contributed by atoms with Gasteiger partial charge in [0.15, 0.2) is 0 Å². The van der Waals surface area contributed by atoms with Gasteiger partial charge in [0.1, 0.15) is 17.2 Å². The standard InChI is InChI=1S/C11H14O5/c1-15-9-5-7(12)6-10(16-2)8(9)3-4-11(13)14/h5-6,12H,3-4H2,1-2H3,(H,13,14). The normalized spacial score (nSPS) is 9.88. The Morgan fingerprint density at radius 3 is 2.12 bits per heavy atom. The van der Waals surface area contributed by atoms with Crippen molar-refractivity contribution in [3.8, 4) is 17.2 Å². The number of methoxy groups -OCH3 is 2. The minimum absolute atomic E-state index is 0.0164. The zero-order valence-corrected chi connectivity index (χ0v) is 9.19. The van der Waals surface area contributed by atoms with Crippen molar-refractivity contribution < 1.29 is 24.5 Å². The molecule has 0 saturated heterocycles. The van der Waals surface area contributed by atoms with Crippen molar-refractivity contribution in [2.75, 3.05) is 14.2 Å². The molecule has 0 amide bonds. The number of hydrogen-bond acceptors (Lipinski definition) is 4. The number of benzene rings is 1. The molecule has 0 bridgehead atoms. The number of carboxylic acid groups (broad SMARTS) is 1. The number of hydrogen-bond donors (Lipinski definition) is 2. The van der Waals surface area contributed by atoms with Crippen LogP contribution in [-0.4, -0.2) is 30.4 Å². The average molecular weight is 226 g/mol. The van der Waals surface area contributed by atoms with E-state index in [4.69, 9.17) is 14.6 Å². The van der Waals surface area contributed by atoms with Gasteiger partial charge < -0.3 is 19.7 Å². The first-order valence-corrected chi connectivity index (χ1v) is 4.74. The van der Waals surface area contributed by atoms with E-state index in [2.05, 4.69) is 0 Å². The number of carbonyl (C=O) groups is 1. The molecule has 1 rings (SSSR count). The molecule has 2 N–H and O–H groups in total. The number of rotatable bonds is 5. The van der Waals surface area contributed by atoms with Crippen LogP contribution in [0.5, 0.6) is 17.2 Å². The molecule has 5 heteroatoms. The Bertz CT molecular complexity index is 361. The van der Waals surface area contributed by atoms with Crippen LogP contribution in [0.15, 0.2) is 12.1 Å². The van der Waals surface area contributed by atoms with Crippen molar-refractivity contribution in [1.82, 2.24) is 0 Å². The van der Waals surface area contributed by atoms with Crippen molar-refractivity contribution in [1.29, 1.82) is 0 Å². The van der Waals surface area contributed by atoms with Crippen LogP contribution < -0.4 is 9.47 Å². The van der Waals surface area contributed by atoms with Gasteiger partial charge in [0.05, 0.1) is 14.2 Å². The summed E-state index contributed by atoms with van der Waals surface area (Å²) in [5.41, 5.74) is 0.644. The van der Waals surface area contributed by atoms with Gasteiger partial charge in [-0.3, -0.25) is 4.79 Å². The molecular weight excluding hydrogens is 212 g/mol. The van der Waals surface area contributed by atoms with E-state index in [1.54, 1.807) is 0 Å². The van der Waals surface area contributed by atoms with Crippen LogP contribution >= 0.6 is 0 Å². The van der Waals surface area contributed by atoms with Crippen LogP contribution in [0.2, 0.25) is 0 Å². The number of ether oxygens (including phenoxy) is 2. The quantitative estimate of drug-likeness (QED) is 0.794. The highest BCUT2D eigenvalue weighted by Gasteiger charge is 2.13. The Balaban J connectivity index is 3.06. The van der Waals surface area contributed by atoms with E-state index in [0.717, 1.165) is 0 Å². The Hall–Kier alpha value is -1.91. The molecule has 16 heavy (non-hydrogen) atoms. The van der Waals surface area contributed by atoms with Crippen LogP contribution in [0, 0.1) is 0 Å². The Morgan fingerprint density at radius 1 is 1.25 bits per heavy atom. The van der Waals surface area contributed by atoms with E-state index in [-0.39, 0.29) is 12.2 Å². The molecule has 0 aliphatic heterocycles. The lowest BCUT2D eigenvalue weighted by molar-refractivity contribution is -0.136. The fourth-order valence-electron chi connectivity index (χ4n) is 1.45. The second-order valence-electron chi connectivity index (χ2n) is 3.22. The van der Waals surface area contributed by atoms with Gasteiger partial charge in [-0.25, -0.2) is 0 Å². The predicted octanol–water partition coefficient (Wildman–Crippen LogP) is 1.43. The van der Waals surface area contributed by atoms with Gasteiger partial charge in [0.2, 0.25) is 0 Å². The first kappa shape index (κ1) is 12.2. The second-order valence-corrected chi connectivity index (χ2v) is 3.22. The summed E-state index contributed by atoms with van der Waals surface area (Å²) in [6, 6.07) is 2.86. The lowest BCUT2D eigenvalue weighted by Gasteiger charge is -2.12. The van der Waals surface area contributed by atoms with Gasteiger partial charge in [-0.2, -0.15) is 0 Å². The molecule has 88 valence electrons. The SMILES string of the molecule is COc1cc(O)cc(OC)c1CCC(=O)O. The summed E-state index contributed by atoms with van der Waals surface area (Å²) in [4.78, 5) is 10.5. The summed E-state index contributed by atoms with van der Waals surface area (Å²) in [6.07, 6.45) is 0.277. The van der Waals surface area contributed by atoms with Gasteiger partial charge in [-0.1, -0.05) is 0 Å². The first-order valence-electron chi connectivity index (χ1n) is 4.74. The van der Waals surface area contributed by atoms with Crippen LogP contribution in [0.25, 0.3) is 0 Å². The summed E-state index contributed by atoms with van der Waals surface area (Å²) in [5, 5.41) is 18.0. The molecule has 0 radical (unpaired) electrons. The lowest BCUT2D eigenvalue weighted by Crippen LogP contribution is -2.01. The van der Waals surface area contributed by atoms with E-state index < -0.39 is 5.97 Å². The smallest absolute Gasteiger partial charge is 0.303 e. The summed E-state index contributed by atoms with van der Waals surface area (Å²) < 4.78 is 10.1. The first-order chi connectivity index (χ1) is 7.58. The number of phenolic OH excluding ortho intramolecular Hbond substituents is 1. The summed E-state index contributed by atoms with van der Waals surface area (Å²) >= 11 is 0. The maximum atomic E-state index is 10.5. The fraction of sp³-hybridized carbons (Fsp3) is 0.364. The van der Waals surface area contributed by atoms with E-state index in [9.17, 15) is 9.90 Å². The number of carboxylic acids is 1. The monoisotopic (exact) mass is 226 g/mol. The highest BCUT2D eigenvalue weighted by molar-refractivity contribution is 5.67. The number of aliphatic carboxylic acids is 1. The Labute approximate surface area is 93.2 Å². The fourth-order valence-corrected chi connectivity index (χ4v) is 1.45. The van der Waals surface area contributed by atoms with E-state index >= 15 is 0 Å². The molecule has 0 aromatic heterocycles. The minimum Gasteiger partial charge on any atom is -0.508 e. The Morgan fingerprint density at radius 2 is 1.75 bits per heavy atom. The summed E-state index contributed by atoms with van der Waals surface area (Å²) in [7, 11) is 2.91. The molecule has 0 aliphatic rings. The molecule has 0 fully saturated rings. The number of phenols is 1. The molecule has 5 nitrogen and oxygen atoms in total. The van der Waals surface area contributed by atoms with Crippen molar-refractivity contribution >= 4 is 5.97 Å². The molecular formula is C11H14O5. The largest absolute Gasteiger partial charge is 0.508 e. The summed E-state index contributed by atoms with van der Waals surface area (Å²) in [6.45, 7) is 0. The third-order valence-corrected chi connectivity index (χ3v) is 2.18.